The summed E-state index contributed by atoms with van der Waals surface area (Å²) in [7, 11) is -3.75. The first-order chi connectivity index (χ1) is 6.66. The molecule has 0 heterocycles. The Hall–Kier alpha value is -1.15. The molecule has 7 nitrogen and oxygen atoms in total. The number of hydrogen-bond donors (Lipinski definition) is 3. The maximum absolute atomic E-state index is 11.2. The molecule has 0 aromatic carbocycles. The van der Waals surface area contributed by atoms with Crippen molar-refractivity contribution in [1.82, 2.24) is 4.72 Å². The van der Waals surface area contributed by atoms with Gasteiger partial charge < -0.3 is 10.8 Å². The normalized spacial score (nSPS) is 13.6. The fourth-order valence-corrected chi connectivity index (χ4v) is 1.28. The van der Waals surface area contributed by atoms with Gasteiger partial charge in [-0.15, -0.1) is 0 Å². The van der Waals surface area contributed by atoms with Crippen molar-refractivity contribution in [2.45, 2.75) is 31.6 Å². The predicted molar refractivity (Wildman–Crippen MR) is 52.4 cm³/mol. The predicted octanol–water partition coefficient (Wildman–Crippen LogP) is -1.36. The summed E-state index contributed by atoms with van der Waals surface area (Å²) in [6, 6.07) is -1.36. The van der Waals surface area contributed by atoms with E-state index in [9.17, 15) is 18.0 Å². The summed E-state index contributed by atoms with van der Waals surface area (Å²) < 4.78 is 24.1. The zero-order valence-corrected chi connectivity index (χ0v) is 9.24. The zero-order valence-electron chi connectivity index (χ0n) is 8.43. The Labute approximate surface area is 87.7 Å². The summed E-state index contributed by atoms with van der Waals surface area (Å²) in [4.78, 5) is 21.3. The van der Waals surface area contributed by atoms with Crippen molar-refractivity contribution in [3.8, 4) is 0 Å². The maximum Gasteiger partial charge on any atom is 0.305 e. The molecule has 1 atom stereocenters. The number of carboxylic acids is 1. The van der Waals surface area contributed by atoms with Crippen LogP contribution in [0.1, 0.15) is 20.3 Å². The highest BCUT2D eigenvalue weighted by atomic mass is 32.2. The second-order valence-electron chi connectivity index (χ2n) is 3.26. The van der Waals surface area contributed by atoms with E-state index in [-0.39, 0.29) is 0 Å². The van der Waals surface area contributed by atoms with Gasteiger partial charge in [0.15, 0.2) is 0 Å². The molecule has 1 unspecified atom stereocenters. The van der Waals surface area contributed by atoms with Crippen LogP contribution < -0.4 is 10.5 Å². The number of carbonyl (C=O) groups excluding carboxylic acids is 1. The van der Waals surface area contributed by atoms with Crippen LogP contribution in [0.25, 0.3) is 0 Å². The quantitative estimate of drug-likeness (QED) is 0.543. The van der Waals surface area contributed by atoms with Gasteiger partial charge in [-0.2, -0.15) is 0 Å². The van der Waals surface area contributed by atoms with Crippen molar-refractivity contribution in [3.05, 3.63) is 0 Å². The molecule has 8 heteroatoms. The Bertz CT molecular complexity index is 348. The minimum atomic E-state index is -3.75. The van der Waals surface area contributed by atoms with Gasteiger partial charge in [0.25, 0.3) is 5.91 Å². The Balaban J connectivity index is 4.44. The summed E-state index contributed by atoms with van der Waals surface area (Å²) in [6.07, 6.45) is -0.612. The molecule has 0 bridgehead atoms. The molecular formula is C7H14N2O5S. The molecule has 0 fully saturated rings. The molecule has 0 aliphatic carbocycles. The SMILES string of the molecule is CC(C)S(=O)(=O)NC(=O)C(N)CC(=O)O. The zero-order chi connectivity index (χ0) is 12.2. The fourth-order valence-electron chi connectivity index (χ4n) is 0.615. The van der Waals surface area contributed by atoms with Crippen LogP contribution in [0.2, 0.25) is 0 Å². The third-order valence-electron chi connectivity index (χ3n) is 1.59. The fraction of sp³-hybridized carbons (Fsp3) is 0.714. The first kappa shape index (κ1) is 13.8. The van der Waals surface area contributed by atoms with Crippen molar-refractivity contribution in [2.24, 2.45) is 5.73 Å². The first-order valence-corrected chi connectivity index (χ1v) is 5.74. The molecule has 0 saturated carbocycles. The number of rotatable bonds is 5. The monoisotopic (exact) mass is 238 g/mol. The highest BCUT2D eigenvalue weighted by molar-refractivity contribution is 7.90. The number of carboxylic acid groups (broad SMARTS) is 1. The number of nitrogens with two attached hydrogens (primary N) is 1. The molecule has 0 radical (unpaired) electrons. The smallest absolute Gasteiger partial charge is 0.305 e. The third-order valence-corrected chi connectivity index (χ3v) is 3.32. The van der Waals surface area contributed by atoms with Crippen LogP contribution in [-0.2, 0) is 19.6 Å². The highest BCUT2D eigenvalue weighted by Crippen LogP contribution is 1.97. The second-order valence-corrected chi connectivity index (χ2v) is 5.50. The molecule has 4 N–H and O–H groups in total. The van der Waals surface area contributed by atoms with E-state index < -0.39 is 39.6 Å². The van der Waals surface area contributed by atoms with E-state index in [0.717, 1.165) is 0 Å². The summed E-state index contributed by atoms with van der Waals surface area (Å²) in [5.74, 6) is -2.27. The number of sulfonamides is 1. The molecule has 0 spiro atoms. The second kappa shape index (κ2) is 5.08. The summed E-state index contributed by atoms with van der Waals surface area (Å²) >= 11 is 0. The minimum absolute atomic E-state index is 0.612. The minimum Gasteiger partial charge on any atom is -0.481 e. The van der Waals surface area contributed by atoms with Crippen molar-refractivity contribution in [1.29, 1.82) is 0 Å². The lowest BCUT2D eigenvalue weighted by Gasteiger charge is -2.12. The summed E-state index contributed by atoms with van der Waals surface area (Å²) in [6.45, 7) is 2.77. The first-order valence-electron chi connectivity index (χ1n) is 4.19. The summed E-state index contributed by atoms with van der Waals surface area (Å²) in [5.41, 5.74) is 5.17. The van der Waals surface area contributed by atoms with Gasteiger partial charge in [-0.05, 0) is 13.8 Å². The Morgan fingerprint density at radius 1 is 1.40 bits per heavy atom. The number of carbonyl (C=O) groups is 2. The lowest BCUT2D eigenvalue weighted by Crippen LogP contribution is -2.46. The lowest BCUT2D eigenvalue weighted by molar-refractivity contribution is -0.139. The van der Waals surface area contributed by atoms with Crippen LogP contribution in [0.3, 0.4) is 0 Å². The third kappa shape index (κ3) is 4.75. The number of nitrogens with one attached hydrogen (secondary N) is 1. The van der Waals surface area contributed by atoms with Gasteiger partial charge in [-0.1, -0.05) is 0 Å². The van der Waals surface area contributed by atoms with Crippen LogP contribution >= 0.6 is 0 Å². The lowest BCUT2D eigenvalue weighted by atomic mass is 10.2. The van der Waals surface area contributed by atoms with Crippen molar-refractivity contribution >= 4 is 21.9 Å². The van der Waals surface area contributed by atoms with E-state index >= 15 is 0 Å². The van der Waals surface area contributed by atoms with Gasteiger partial charge in [0.2, 0.25) is 10.0 Å². The van der Waals surface area contributed by atoms with Crippen LogP contribution in [-0.4, -0.2) is 36.7 Å². The number of aliphatic carboxylic acids is 1. The number of hydrogen-bond acceptors (Lipinski definition) is 5. The van der Waals surface area contributed by atoms with Crippen LogP contribution in [0.4, 0.5) is 0 Å². The van der Waals surface area contributed by atoms with Gasteiger partial charge in [-0.3, -0.25) is 14.3 Å². The van der Waals surface area contributed by atoms with Crippen molar-refractivity contribution < 1.29 is 23.1 Å². The van der Waals surface area contributed by atoms with Gasteiger partial charge in [0, 0.05) is 0 Å². The Morgan fingerprint density at radius 3 is 2.20 bits per heavy atom. The molecule has 0 saturated heterocycles. The van der Waals surface area contributed by atoms with Gasteiger partial charge in [0.1, 0.15) is 0 Å². The van der Waals surface area contributed by atoms with Gasteiger partial charge in [-0.25, -0.2) is 8.42 Å². The summed E-state index contributed by atoms with van der Waals surface area (Å²) in [5, 5.41) is 7.55. The van der Waals surface area contributed by atoms with Crippen LogP contribution in [0.15, 0.2) is 0 Å². The molecule has 0 rings (SSSR count). The van der Waals surface area contributed by atoms with E-state index in [1.165, 1.54) is 13.8 Å². The average molecular weight is 238 g/mol. The molecule has 0 aliphatic rings. The van der Waals surface area contributed by atoms with Crippen molar-refractivity contribution in [3.63, 3.8) is 0 Å². The van der Waals surface area contributed by atoms with E-state index in [1.807, 2.05) is 0 Å². The van der Waals surface area contributed by atoms with E-state index in [4.69, 9.17) is 10.8 Å². The molecule has 1 amide bonds. The number of amides is 1. The van der Waals surface area contributed by atoms with Gasteiger partial charge in [0.05, 0.1) is 17.7 Å². The van der Waals surface area contributed by atoms with E-state index in [1.54, 1.807) is 4.72 Å². The Kier molecular flexibility index (Phi) is 4.69. The largest absolute Gasteiger partial charge is 0.481 e. The standard InChI is InChI=1S/C7H14N2O5S/c1-4(2)15(13,14)9-7(12)5(8)3-6(10)11/h4-5H,3,8H2,1-2H3,(H,9,12)(H,10,11). The maximum atomic E-state index is 11.2. The topological polar surface area (TPSA) is 127 Å². The molecule has 0 aromatic heterocycles. The van der Waals surface area contributed by atoms with Gasteiger partial charge >= 0.3 is 5.97 Å². The molecule has 15 heavy (non-hydrogen) atoms. The molecule has 0 aromatic rings. The Morgan fingerprint density at radius 2 is 1.87 bits per heavy atom. The van der Waals surface area contributed by atoms with E-state index in [2.05, 4.69) is 0 Å². The van der Waals surface area contributed by atoms with Crippen LogP contribution in [0.5, 0.6) is 0 Å². The van der Waals surface area contributed by atoms with Crippen molar-refractivity contribution in [2.75, 3.05) is 0 Å². The van der Waals surface area contributed by atoms with E-state index in [0.29, 0.717) is 0 Å². The average Bonchev–Trinajstić information content (AvgIpc) is 2.01. The molecule has 0 aliphatic heterocycles. The highest BCUT2D eigenvalue weighted by Gasteiger charge is 2.24. The molecule has 88 valence electrons. The van der Waals surface area contributed by atoms with Crippen LogP contribution in [0, 0.1) is 0 Å². The molecular weight excluding hydrogens is 224 g/mol.